The van der Waals surface area contributed by atoms with Gasteiger partial charge in [-0.1, -0.05) is 0 Å². The molecule has 0 aromatic carbocycles. The highest BCUT2D eigenvalue weighted by atomic mass is 32.1. The second kappa shape index (κ2) is 11.6. The van der Waals surface area contributed by atoms with Crippen LogP contribution >= 0.6 is 25.3 Å². The standard InChI is InChI=1S/C13H22N4O7S2/c1-5(13(23)24)15-11(21)7(2-9(18)19)16-12(22)8(4-26)17-10(20)6(14)3-25/h5-8,25-26H,2-4,14H2,1H3,(H,15,21)(H,16,22)(H,17,20)(H,18,19)(H,23,24). The fraction of sp³-hybridized carbons (Fsp3) is 0.615. The number of rotatable bonds is 11. The van der Waals surface area contributed by atoms with Gasteiger partial charge in [0.2, 0.25) is 17.7 Å². The van der Waals surface area contributed by atoms with Crippen LogP contribution in [-0.2, 0) is 24.0 Å². The maximum Gasteiger partial charge on any atom is 0.325 e. The minimum Gasteiger partial charge on any atom is -0.481 e. The Morgan fingerprint density at radius 3 is 1.81 bits per heavy atom. The Balaban J connectivity index is 5.08. The molecule has 3 amide bonds. The molecule has 0 saturated carbocycles. The third-order valence-electron chi connectivity index (χ3n) is 3.09. The molecule has 0 fully saturated rings. The highest BCUT2D eigenvalue weighted by molar-refractivity contribution is 7.80. The lowest BCUT2D eigenvalue weighted by molar-refractivity contribution is -0.143. The van der Waals surface area contributed by atoms with Crippen LogP contribution in [0.3, 0.4) is 0 Å². The normalized spacial score (nSPS) is 15.1. The van der Waals surface area contributed by atoms with Gasteiger partial charge in [-0.25, -0.2) is 0 Å². The summed E-state index contributed by atoms with van der Waals surface area (Å²) in [4.78, 5) is 57.6. The largest absolute Gasteiger partial charge is 0.481 e. The molecule has 0 spiro atoms. The van der Waals surface area contributed by atoms with Crippen LogP contribution in [0.1, 0.15) is 13.3 Å². The van der Waals surface area contributed by atoms with E-state index >= 15 is 0 Å². The Kier molecular flexibility index (Phi) is 10.7. The van der Waals surface area contributed by atoms with E-state index in [1.807, 2.05) is 0 Å². The van der Waals surface area contributed by atoms with Crippen molar-refractivity contribution in [2.75, 3.05) is 11.5 Å². The summed E-state index contributed by atoms with van der Waals surface area (Å²) in [5.41, 5.74) is 5.48. The van der Waals surface area contributed by atoms with Crippen LogP contribution in [0.4, 0.5) is 0 Å². The first-order valence-electron chi connectivity index (χ1n) is 7.36. The number of nitrogens with two attached hydrogens (primary N) is 1. The van der Waals surface area contributed by atoms with E-state index in [-0.39, 0.29) is 11.5 Å². The van der Waals surface area contributed by atoms with E-state index in [0.717, 1.165) is 0 Å². The Morgan fingerprint density at radius 1 is 0.885 bits per heavy atom. The second-order valence-electron chi connectivity index (χ2n) is 5.26. The summed E-state index contributed by atoms with van der Waals surface area (Å²) in [6.07, 6.45) is -0.784. The smallest absolute Gasteiger partial charge is 0.325 e. The van der Waals surface area contributed by atoms with Crippen LogP contribution in [-0.4, -0.2) is 75.5 Å². The van der Waals surface area contributed by atoms with Crippen molar-refractivity contribution in [1.82, 2.24) is 16.0 Å². The Bertz CT molecular complexity index is 561. The van der Waals surface area contributed by atoms with Gasteiger partial charge in [-0.05, 0) is 6.92 Å². The highest BCUT2D eigenvalue weighted by Gasteiger charge is 2.30. The third kappa shape index (κ3) is 8.40. The minimum absolute atomic E-state index is 0.0316. The molecule has 0 aromatic rings. The lowest BCUT2D eigenvalue weighted by Crippen LogP contribution is -2.58. The highest BCUT2D eigenvalue weighted by Crippen LogP contribution is 1.99. The van der Waals surface area contributed by atoms with Crippen molar-refractivity contribution in [2.24, 2.45) is 5.73 Å². The molecule has 0 aliphatic heterocycles. The monoisotopic (exact) mass is 410 g/mol. The number of carbonyl (C=O) groups excluding carboxylic acids is 3. The van der Waals surface area contributed by atoms with Gasteiger partial charge in [0, 0.05) is 11.5 Å². The van der Waals surface area contributed by atoms with E-state index in [9.17, 15) is 24.0 Å². The van der Waals surface area contributed by atoms with E-state index in [1.165, 1.54) is 6.92 Å². The number of thiol groups is 2. The summed E-state index contributed by atoms with van der Waals surface area (Å²) >= 11 is 7.78. The maximum absolute atomic E-state index is 12.2. The summed E-state index contributed by atoms with van der Waals surface area (Å²) in [5, 5.41) is 24.2. The molecule has 0 bridgehead atoms. The van der Waals surface area contributed by atoms with Crippen LogP contribution in [0.25, 0.3) is 0 Å². The summed E-state index contributed by atoms with van der Waals surface area (Å²) in [6, 6.07) is -4.98. The number of aliphatic carboxylic acids is 2. The topological polar surface area (TPSA) is 188 Å². The molecule has 148 valence electrons. The number of carboxylic acid groups (broad SMARTS) is 2. The molecular formula is C13H22N4O7S2. The molecule has 13 heteroatoms. The van der Waals surface area contributed by atoms with Gasteiger partial charge >= 0.3 is 11.9 Å². The molecule has 26 heavy (non-hydrogen) atoms. The molecule has 0 rings (SSSR count). The molecule has 7 N–H and O–H groups in total. The predicted octanol–water partition coefficient (Wildman–Crippen LogP) is -2.79. The predicted molar refractivity (Wildman–Crippen MR) is 97.0 cm³/mol. The first kappa shape index (κ1) is 24.0. The molecular weight excluding hydrogens is 388 g/mol. The van der Waals surface area contributed by atoms with Gasteiger partial charge in [0.1, 0.15) is 18.1 Å². The van der Waals surface area contributed by atoms with Crippen molar-refractivity contribution in [2.45, 2.75) is 37.5 Å². The van der Waals surface area contributed by atoms with Gasteiger partial charge in [-0.3, -0.25) is 24.0 Å². The molecule has 0 saturated heterocycles. The fourth-order valence-electron chi connectivity index (χ4n) is 1.59. The number of carboxylic acids is 2. The van der Waals surface area contributed by atoms with Crippen molar-refractivity contribution >= 4 is 54.9 Å². The second-order valence-corrected chi connectivity index (χ2v) is 5.99. The van der Waals surface area contributed by atoms with Crippen LogP contribution in [0.2, 0.25) is 0 Å². The van der Waals surface area contributed by atoms with Crippen LogP contribution < -0.4 is 21.7 Å². The average Bonchev–Trinajstić information content (AvgIpc) is 2.56. The van der Waals surface area contributed by atoms with E-state index in [2.05, 4.69) is 41.2 Å². The summed E-state index contributed by atoms with van der Waals surface area (Å²) in [6.45, 7) is 1.18. The Labute approximate surface area is 160 Å². The van der Waals surface area contributed by atoms with Crippen molar-refractivity contribution in [3.8, 4) is 0 Å². The summed E-state index contributed by atoms with van der Waals surface area (Å²) in [7, 11) is 0. The number of amides is 3. The van der Waals surface area contributed by atoms with Gasteiger partial charge in [0.15, 0.2) is 0 Å². The molecule has 11 nitrogen and oxygen atoms in total. The van der Waals surface area contributed by atoms with Gasteiger partial charge in [0.05, 0.1) is 12.5 Å². The first-order chi connectivity index (χ1) is 12.0. The van der Waals surface area contributed by atoms with Crippen LogP contribution in [0.5, 0.6) is 0 Å². The zero-order valence-corrected chi connectivity index (χ0v) is 15.6. The molecule has 4 unspecified atom stereocenters. The minimum atomic E-state index is -1.54. The third-order valence-corrected chi connectivity index (χ3v) is 3.85. The van der Waals surface area contributed by atoms with Gasteiger partial charge in [-0.15, -0.1) is 0 Å². The quantitative estimate of drug-likeness (QED) is 0.168. The summed E-state index contributed by atoms with van der Waals surface area (Å²) < 4.78 is 0. The van der Waals surface area contributed by atoms with E-state index < -0.39 is 60.2 Å². The van der Waals surface area contributed by atoms with Crippen molar-refractivity contribution in [3.63, 3.8) is 0 Å². The zero-order chi connectivity index (χ0) is 20.4. The summed E-state index contributed by atoms with van der Waals surface area (Å²) in [5.74, 6) is -5.38. The van der Waals surface area contributed by atoms with E-state index in [0.29, 0.717) is 0 Å². The molecule has 4 atom stereocenters. The molecule has 0 aromatic heterocycles. The van der Waals surface area contributed by atoms with Gasteiger partial charge in [0.25, 0.3) is 0 Å². The zero-order valence-electron chi connectivity index (χ0n) is 13.8. The van der Waals surface area contributed by atoms with Crippen molar-refractivity contribution < 1.29 is 34.2 Å². The first-order valence-corrected chi connectivity index (χ1v) is 8.62. The SMILES string of the molecule is CC(NC(=O)C(CC(=O)O)NC(=O)C(CS)NC(=O)C(N)CS)C(=O)O. The van der Waals surface area contributed by atoms with Crippen molar-refractivity contribution in [1.29, 1.82) is 0 Å². The Morgan fingerprint density at radius 2 is 1.38 bits per heavy atom. The van der Waals surface area contributed by atoms with Gasteiger partial charge in [-0.2, -0.15) is 25.3 Å². The van der Waals surface area contributed by atoms with Gasteiger partial charge < -0.3 is 31.9 Å². The number of carbonyl (C=O) groups is 5. The van der Waals surface area contributed by atoms with E-state index in [1.54, 1.807) is 0 Å². The Hall–Kier alpha value is -1.99. The van der Waals surface area contributed by atoms with Crippen LogP contribution in [0.15, 0.2) is 0 Å². The molecule has 0 heterocycles. The average molecular weight is 410 g/mol. The lowest BCUT2D eigenvalue weighted by Gasteiger charge is -2.23. The maximum atomic E-state index is 12.2. The molecule has 0 aliphatic carbocycles. The van der Waals surface area contributed by atoms with Crippen LogP contribution in [0, 0.1) is 0 Å². The lowest BCUT2D eigenvalue weighted by atomic mass is 10.1. The molecule has 0 radical (unpaired) electrons. The fourth-order valence-corrected chi connectivity index (χ4v) is 2.01. The van der Waals surface area contributed by atoms with Crippen molar-refractivity contribution in [3.05, 3.63) is 0 Å². The number of nitrogens with one attached hydrogen (secondary N) is 3. The van der Waals surface area contributed by atoms with E-state index in [4.69, 9.17) is 15.9 Å². The number of hydrogen-bond acceptors (Lipinski definition) is 8. The number of hydrogen-bond donors (Lipinski definition) is 8. The molecule has 0 aliphatic rings.